The van der Waals surface area contributed by atoms with E-state index in [1.54, 1.807) is 18.3 Å². The maximum Gasteiger partial charge on any atom is 0.236 e. The number of carbonyl (C=O) groups excluding carboxylic acids is 1. The first-order chi connectivity index (χ1) is 14.2. The number of anilines is 1. The Hall–Kier alpha value is -2.67. The molecule has 3 heterocycles. The fourth-order valence-electron chi connectivity index (χ4n) is 3.91. The smallest absolute Gasteiger partial charge is 0.236 e. The molecular formula is C22H27FN4O2. The molecule has 0 saturated carbocycles. The van der Waals surface area contributed by atoms with Crippen molar-refractivity contribution >= 4 is 11.7 Å². The second-order valence-corrected chi connectivity index (χ2v) is 7.60. The van der Waals surface area contributed by atoms with Crippen LogP contribution in [0, 0.1) is 5.82 Å². The topological polar surface area (TPSA) is 48.9 Å². The van der Waals surface area contributed by atoms with Gasteiger partial charge in [-0.3, -0.25) is 9.69 Å². The normalized spacial score (nSPS) is 18.7. The van der Waals surface area contributed by atoms with E-state index < -0.39 is 0 Å². The van der Waals surface area contributed by atoms with Crippen LogP contribution in [0.15, 0.2) is 48.7 Å². The van der Waals surface area contributed by atoms with Crippen LogP contribution < -0.4 is 9.64 Å². The van der Waals surface area contributed by atoms with Crippen molar-refractivity contribution in [3.05, 3.63) is 54.5 Å². The molecule has 1 aromatic heterocycles. The first-order valence-electron chi connectivity index (χ1n) is 10.3. The summed E-state index contributed by atoms with van der Waals surface area (Å²) in [4.78, 5) is 23.5. The third-order valence-electron chi connectivity index (χ3n) is 5.62. The summed E-state index contributed by atoms with van der Waals surface area (Å²) < 4.78 is 18.9. The van der Waals surface area contributed by atoms with Crippen LogP contribution in [-0.4, -0.2) is 72.6 Å². The Morgan fingerprint density at radius 1 is 1.00 bits per heavy atom. The zero-order chi connectivity index (χ0) is 20.1. The highest BCUT2D eigenvalue weighted by atomic mass is 19.1. The Kier molecular flexibility index (Phi) is 6.24. The molecule has 2 aliphatic heterocycles. The van der Waals surface area contributed by atoms with E-state index in [1.165, 1.54) is 12.1 Å². The van der Waals surface area contributed by atoms with E-state index in [2.05, 4.69) is 14.8 Å². The molecule has 0 unspecified atom stereocenters. The van der Waals surface area contributed by atoms with Crippen molar-refractivity contribution in [1.82, 2.24) is 14.8 Å². The van der Waals surface area contributed by atoms with Crippen molar-refractivity contribution in [2.75, 3.05) is 50.7 Å². The quantitative estimate of drug-likeness (QED) is 0.774. The summed E-state index contributed by atoms with van der Waals surface area (Å²) in [6, 6.07) is 12.1. The van der Waals surface area contributed by atoms with Gasteiger partial charge in [0.2, 0.25) is 5.91 Å². The molecule has 0 aliphatic carbocycles. The molecule has 2 aromatic rings. The molecule has 4 rings (SSSR count). The molecule has 0 atom stereocenters. The highest BCUT2D eigenvalue weighted by molar-refractivity contribution is 5.78. The van der Waals surface area contributed by atoms with Crippen molar-refractivity contribution in [1.29, 1.82) is 0 Å². The highest BCUT2D eigenvalue weighted by Crippen LogP contribution is 2.20. The fourth-order valence-corrected chi connectivity index (χ4v) is 3.91. The van der Waals surface area contributed by atoms with E-state index in [0.717, 1.165) is 57.9 Å². The summed E-state index contributed by atoms with van der Waals surface area (Å²) in [5, 5.41) is 0. The number of nitrogens with zero attached hydrogens (tertiary/aromatic N) is 4. The first-order valence-corrected chi connectivity index (χ1v) is 10.3. The largest absolute Gasteiger partial charge is 0.490 e. The summed E-state index contributed by atoms with van der Waals surface area (Å²) in [6.45, 7) is 5.25. The molecule has 2 saturated heterocycles. The Balaban J connectivity index is 1.19. The summed E-state index contributed by atoms with van der Waals surface area (Å²) in [5.74, 6) is 1.62. The lowest BCUT2D eigenvalue weighted by Gasteiger charge is -2.37. The number of piperidine rings is 1. The monoisotopic (exact) mass is 398 g/mol. The maximum absolute atomic E-state index is 13.0. The summed E-state index contributed by atoms with van der Waals surface area (Å²) >= 11 is 0. The van der Waals surface area contributed by atoms with Crippen LogP contribution in [-0.2, 0) is 4.79 Å². The van der Waals surface area contributed by atoms with E-state index in [9.17, 15) is 9.18 Å². The van der Waals surface area contributed by atoms with Crippen molar-refractivity contribution in [3.8, 4) is 5.75 Å². The maximum atomic E-state index is 13.0. The van der Waals surface area contributed by atoms with Crippen LogP contribution in [0.5, 0.6) is 5.75 Å². The average Bonchev–Trinajstić information content (AvgIpc) is 2.77. The molecule has 1 amide bonds. The Bertz CT molecular complexity index is 786. The summed E-state index contributed by atoms with van der Waals surface area (Å²) in [6.07, 6.45) is 3.67. The molecule has 0 spiro atoms. The number of carbonyl (C=O) groups is 1. The standard InChI is InChI=1S/C22H27FN4O2/c23-18-4-6-19(7-5-18)29-20-8-11-25(12-9-20)17-22(28)27-15-13-26(14-16-27)21-3-1-2-10-24-21/h1-7,10,20H,8-9,11-17H2. The lowest BCUT2D eigenvalue weighted by molar-refractivity contribution is -0.133. The average molecular weight is 398 g/mol. The molecule has 7 heteroatoms. The highest BCUT2D eigenvalue weighted by Gasteiger charge is 2.26. The number of benzene rings is 1. The van der Waals surface area contributed by atoms with Crippen LogP contribution in [0.3, 0.4) is 0 Å². The molecule has 2 fully saturated rings. The fraction of sp³-hybridized carbons (Fsp3) is 0.455. The minimum Gasteiger partial charge on any atom is -0.490 e. The number of hydrogen-bond donors (Lipinski definition) is 0. The zero-order valence-electron chi connectivity index (χ0n) is 16.5. The SMILES string of the molecule is O=C(CN1CCC(Oc2ccc(F)cc2)CC1)N1CCN(c2ccccn2)CC1. The van der Waals surface area contributed by atoms with Gasteiger partial charge in [-0.2, -0.15) is 0 Å². The van der Waals surface area contributed by atoms with E-state index >= 15 is 0 Å². The van der Waals surface area contributed by atoms with Crippen LogP contribution in [0.2, 0.25) is 0 Å². The van der Waals surface area contributed by atoms with Crippen LogP contribution in [0.1, 0.15) is 12.8 Å². The number of amides is 1. The number of halogens is 1. The number of hydrogen-bond acceptors (Lipinski definition) is 5. The molecule has 2 aliphatic rings. The van der Waals surface area contributed by atoms with Gasteiger partial charge < -0.3 is 14.5 Å². The van der Waals surface area contributed by atoms with E-state index in [1.807, 2.05) is 23.1 Å². The first kappa shape index (κ1) is 19.6. The second kappa shape index (κ2) is 9.22. The Morgan fingerprint density at radius 2 is 1.72 bits per heavy atom. The molecule has 0 radical (unpaired) electrons. The zero-order valence-corrected chi connectivity index (χ0v) is 16.5. The van der Waals surface area contributed by atoms with Gasteiger partial charge in [0.15, 0.2) is 0 Å². The van der Waals surface area contributed by atoms with Crippen molar-refractivity contribution < 1.29 is 13.9 Å². The van der Waals surface area contributed by atoms with Crippen molar-refractivity contribution in [3.63, 3.8) is 0 Å². The summed E-state index contributed by atoms with van der Waals surface area (Å²) in [5.41, 5.74) is 0. The Labute approximate surface area is 170 Å². The number of rotatable bonds is 5. The lowest BCUT2D eigenvalue weighted by atomic mass is 10.1. The predicted octanol–water partition coefficient (Wildman–Crippen LogP) is 2.41. The van der Waals surface area contributed by atoms with E-state index in [0.29, 0.717) is 12.3 Å². The predicted molar refractivity (Wildman–Crippen MR) is 110 cm³/mol. The molecule has 154 valence electrons. The van der Waals surface area contributed by atoms with Crippen molar-refractivity contribution in [2.45, 2.75) is 18.9 Å². The number of likely N-dealkylation sites (tertiary alicyclic amines) is 1. The number of piperazine rings is 1. The van der Waals surface area contributed by atoms with Crippen LogP contribution >= 0.6 is 0 Å². The van der Waals surface area contributed by atoms with Crippen LogP contribution in [0.25, 0.3) is 0 Å². The second-order valence-electron chi connectivity index (χ2n) is 7.60. The van der Waals surface area contributed by atoms with E-state index in [-0.39, 0.29) is 17.8 Å². The third kappa shape index (κ3) is 5.23. The van der Waals surface area contributed by atoms with Gasteiger partial charge in [-0.15, -0.1) is 0 Å². The van der Waals surface area contributed by atoms with Gasteiger partial charge in [0.05, 0.1) is 6.54 Å². The number of aromatic nitrogens is 1. The molecule has 1 aromatic carbocycles. The number of pyridine rings is 1. The molecule has 0 N–H and O–H groups in total. The van der Waals surface area contributed by atoms with Gasteiger partial charge in [-0.25, -0.2) is 9.37 Å². The minimum absolute atomic E-state index is 0.119. The van der Waals surface area contributed by atoms with Gasteiger partial charge in [-0.1, -0.05) is 6.07 Å². The van der Waals surface area contributed by atoms with Gasteiger partial charge in [0.25, 0.3) is 0 Å². The minimum atomic E-state index is -0.258. The molecule has 0 bridgehead atoms. The van der Waals surface area contributed by atoms with Gasteiger partial charge >= 0.3 is 0 Å². The van der Waals surface area contributed by atoms with Crippen LogP contribution in [0.4, 0.5) is 10.2 Å². The summed E-state index contributed by atoms with van der Waals surface area (Å²) in [7, 11) is 0. The molecule has 6 nitrogen and oxygen atoms in total. The number of ether oxygens (including phenoxy) is 1. The van der Waals surface area contributed by atoms with Crippen molar-refractivity contribution in [2.24, 2.45) is 0 Å². The Morgan fingerprint density at radius 3 is 2.38 bits per heavy atom. The molecular weight excluding hydrogens is 371 g/mol. The molecule has 29 heavy (non-hydrogen) atoms. The van der Waals surface area contributed by atoms with Gasteiger partial charge in [-0.05, 0) is 49.2 Å². The van der Waals surface area contributed by atoms with Gasteiger partial charge in [0, 0.05) is 45.5 Å². The third-order valence-corrected chi connectivity index (χ3v) is 5.62. The van der Waals surface area contributed by atoms with Gasteiger partial charge in [0.1, 0.15) is 23.5 Å². The lowest BCUT2D eigenvalue weighted by Crippen LogP contribution is -2.52. The van der Waals surface area contributed by atoms with E-state index in [4.69, 9.17) is 4.74 Å².